The van der Waals surface area contributed by atoms with Crippen molar-refractivity contribution in [3.05, 3.63) is 23.6 Å². The average Bonchev–Trinajstić information content (AvgIpc) is 2.27. The number of nitrogens with two attached hydrogens (primary N) is 1. The van der Waals surface area contributed by atoms with Crippen molar-refractivity contribution in [3.8, 4) is 0 Å². The van der Waals surface area contributed by atoms with Crippen LogP contribution >= 0.6 is 0 Å². The molecule has 0 spiro atoms. The summed E-state index contributed by atoms with van der Waals surface area (Å²) in [5.74, 6) is -0.305. The van der Waals surface area contributed by atoms with Crippen LogP contribution in [0, 0.1) is 12.7 Å². The van der Waals surface area contributed by atoms with Crippen molar-refractivity contribution in [2.24, 2.45) is 7.05 Å². The minimum absolute atomic E-state index is 0.305. The van der Waals surface area contributed by atoms with Crippen LogP contribution in [0.15, 0.2) is 12.1 Å². The fraction of sp³-hybridized carbons (Fsp3) is 0.222. The Morgan fingerprint density at radius 1 is 1.46 bits per heavy atom. The largest absolute Gasteiger partial charge is 0.399 e. The second kappa shape index (κ2) is 2.45. The monoisotopic (exact) mass is 179 g/mol. The predicted molar refractivity (Wildman–Crippen MR) is 49.8 cm³/mol. The molecule has 1 heterocycles. The van der Waals surface area contributed by atoms with Crippen LogP contribution in [0.1, 0.15) is 5.69 Å². The molecule has 1 aromatic heterocycles. The Labute approximate surface area is 75.0 Å². The van der Waals surface area contributed by atoms with Gasteiger partial charge in [-0.3, -0.25) is 4.68 Å². The molecule has 0 saturated heterocycles. The van der Waals surface area contributed by atoms with Crippen LogP contribution in [0.4, 0.5) is 10.1 Å². The summed E-state index contributed by atoms with van der Waals surface area (Å²) in [4.78, 5) is 0. The van der Waals surface area contributed by atoms with Crippen molar-refractivity contribution in [2.45, 2.75) is 6.92 Å². The number of nitrogens with zero attached hydrogens (tertiary/aromatic N) is 2. The second-order valence-corrected chi connectivity index (χ2v) is 3.11. The zero-order valence-electron chi connectivity index (χ0n) is 7.50. The van der Waals surface area contributed by atoms with Gasteiger partial charge in [0.25, 0.3) is 0 Å². The number of fused-ring (bicyclic) bond motifs is 1. The van der Waals surface area contributed by atoms with Gasteiger partial charge in [0.2, 0.25) is 0 Å². The van der Waals surface area contributed by atoms with E-state index in [1.807, 2.05) is 0 Å². The Balaban J connectivity index is 2.97. The van der Waals surface area contributed by atoms with Crippen molar-refractivity contribution < 1.29 is 4.39 Å². The molecule has 68 valence electrons. The first-order chi connectivity index (χ1) is 6.09. The van der Waals surface area contributed by atoms with Gasteiger partial charge >= 0.3 is 0 Å². The van der Waals surface area contributed by atoms with E-state index in [4.69, 9.17) is 5.73 Å². The molecule has 0 aliphatic carbocycles. The number of hydrogen-bond acceptors (Lipinski definition) is 2. The summed E-state index contributed by atoms with van der Waals surface area (Å²) in [7, 11) is 1.77. The maximum absolute atomic E-state index is 13.4. The highest BCUT2D eigenvalue weighted by Crippen LogP contribution is 2.23. The van der Waals surface area contributed by atoms with Crippen molar-refractivity contribution in [1.29, 1.82) is 0 Å². The van der Waals surface area contributed by atoms with Gasteiger partial charge in [-0.05, 0) is 19.1 Å². The predicted octanol–water partition coefficient (Wildman–Crippen LogP) is 1.60. The highest BCUT2D eigenvalue weighted by Gasteiger charge is 2.10. The molecule has 13 heavy (non-hydrogen) atoms. The van der Waals surface area contributed by atoms with Crippen molar-refractivity contribution in [2.75, 3.05) is 5.73 Å². The second-order valence-electron chi connectivity index (χ2n) is 3.11. The summed E-state index contributed by atoms with van der Waals surface area (Å²) in [5.41, 5.74) is 7.37. The first-order valence-corrected chi connectivity index (χ1v) is 3.98. The molecule has 0 bridgehead atoms. The molecule has 1 aromatic carbocycles. The third-order valence-electron chi connectivity index (χ3n) is 2.10. The molecule has 2 rings (SSSR count). The van der Waals surface area contributed by atoms with Crippen molar-refractivity contribution in [3.63, 3.8) is 0 Å². The van der Waals surface area contributed by atoms with Gasteiger partial charge < -0.3 is 5.73 Å². The molecule has 2 aromatic rings. The lowest BCUT2D eigenvalue weighted by Gasteiger charge is -1.97. The number of hydrogen-bond donors (Lipinski definition) is 1. The van der Waals surface area contributed by atoms with Crippen LogP contribution in [0.25, 0.3) is 10.9 Å². The summed E-state index contributed by atoms with van der Waals surface area (Å²) in [6.07, 6.45) is 0. The van der Waals surface area contributed by atoms with E-state index in [1.54, 1.807) is 24.7 Å². The molecular formula is C9H10FN3. The van der Waals surface area contributed by atoms with Gasteiger partial charge in [-0.1, -0.05) is 0 Å². The average molecular weight is 179 g/mol. The quantitative estimate of drug-likeness (QED) is 0.624. The number of aromatic nitrogens is 2. The lowest BCUT2D eigenvalue weighted by Crippen LogP contribution is -1.92. The van der Waals surface area contributed by atoms with E-state index in [0.717, 1.165) is 5.52 Å². The number of rotatable bonds is 0. The van der Waals surface area contributed by atoms with Crippen LogP contribution in [-0.4, -0.2) is 9.78 Å². The van der Waals surface area contributed by atoms with Crippen LogP contribution in [0.3, 0.4) is 0 Å². The fourth-order valence-corrected chi connectivity index (χ4v) is 1.55. The summed E-state index contributed by atoms with van der Waals surface area (Å²) >= 11 is 0. The van der Waals surface area contributed by atoms with Gasteiger partial charge in [0.1, 0.15) is 5.82 Å². The molecule has 0 aliphatic rings. The molecule has 0 unspecified atom stereocenters. The van der Waals surface area contributed by atoms with E-state index in [9.17, 15) is 4.39 Å². The van der Waals surface area contributed by atoms with Gasteiger partial charge in [-0.2, -0.15) is 5.10 Å². The molecule has 0 radical (unpaired) electrons. The van der Waals surface area contributed by atoms with E-state index in [2.05, 4.69) is 5.10 Å². The lowest BCUT2D eigenvalue weighted by molar-refractivity contribution is 0.640. The van der Waals surface area contributed by atoms with Crippen molar-refractivity contribution in [1.82, 2.24) is 9.78 Å². The summed E-state index contributed by atoms with van der Waals surface area (Å²) in [6, 6.07) is 3.04. The smallest absolute Gasteiger partial charge is 0.136 e. The Hall–Kier alpha value is -1.58. The molecule has 2 N–H and O–H groups in total. The molecule has 0 saturated carbocycles. The normalized spacial score (nSPS) is 11.0. The van der Waals surface area contributed by atoms with Gasteiger partial charge in [0, 0.05) is 12.7 Å². The summed E-state index contributed by atoms with van der Waals surface area (Å²) < 4.78 is 15.0. The maximum Gasteiger partial charge on any atom is 0.136 e. The molecule has 0 aliphatic heterocycles. The number of halogens is 1. The Bertz CT molecular complexity index is 473. The van der Waals surface area contributed by atoms with Crippen molar-refractivity contribution >= 4 is 16.6 Å². The van der Waals surface area contributed by atoms with Gasteiger partial charge in [-0.15, -0.1) is 0 Å². The molecule has 0 amide bonds. The standard InChI is InChI=1S/C9H10FN3/c1-5-9-7(10)3-6(11)4-8(9)13(2)12-5/h3-4H,11H2,1-2H3. The molecule has 3 nitrogen and oxygen atoms in total. The number of nitrogen functional groups attached to an aromatic ring is 1. The maximum atomic E-state index is 13.4. The zero-order chi connectivity index (χ0) is 9.59. The summed E-state index contributed by atoms with van der Waals surface area (Å²) in [6.45, 7) is 1.78. The Morgan fingerprint density at radius 2 is 2.15 bits per heavy atom. The molecule has 0 fully saturated rings. The summed E-state index contributed by atoms with van der Waals surface area (Å²) in [5, 5.41) is 4.67. The van der Waals surface area contributed by atoms with Crippen LogP contribution in [0.2, 0.25) is 0 Å². The fourth-order valence-electron chi connectivity index (χ4n) is 1.55. The third-order valence-corrected chi connectivity index (χ3v) is 2.10. The lowest BCUT2D eigenvalue weighted by atomic mass is 10.2. The third kappa shape index (κ3) is 1.06. The highest BCUT2D eigenvalue weighted by molar-refractivity contribution is 5.85. The number of aryl methyl sites for hydroxylation is 2. The van der Waals surface area contributed by atoms with Crippen LogP contribution in [0.5, 0.6) is 0 Å². The molecule has 0 atom stereocenters. The highest BCUT2D eigenvalue weighted by atomic mass is 19.1. The Kier molecular flexibility index (Phi) is 1.52. The number of benzene rings is 1. The minimum Gasteiger partial charge on any atom is -0.399 e. The first kappa shape index (κ1) is 8.04. The zero-order valence-corrected chi connectivity index (χ0v) is 7.50. The van der Waals surface area contributed by atoms with Gasteiger partial charge in [-0.25, -0.2) is 4.39 Å². The van der Waals surface area contributed by atoms with E-state index in [0.29, 0.717) is 16.8 Å². The van der Waals surface area contributed by atoms with Crippen LogP contribution in [-0.2, 0) is 7.05 Å². The first-order valence-electron chi connectivity index (χ1n) is 3.98. The topological polar surface area (TPSA) is 43.8 Å². The molecular weight excluding hydrogens is 169 g/mol. The minimum atomic E-state index is -0.305. The van der Waals surface area contributed by atoms with Crippen LogP contribution < -0.4 is 5.73 Å². The number of anilines is 1. The van der Waals surface area contributed by atoms with E-state index < -0.39 is 0 Å². The Morgan fingerprint density at radius 3 is 2.85 bits per heavy atom. The van der Waals surface area contributed by atoms with Gasteiger partial charge in [0.05, 0.1) is 16.6 Å². The van der Waals surface area contributed by atoms with Gasteiger partial charge in [0.15, 0.2) is 0 Å². The molecule has 4 heteroatoms. The van der Waals surface area contributed by atoms with E-state index in [-0.39, 0.29) is 5.82 Å². The SMILES string of the molecule is Cc1nn(C)c2cc(N)cc(F)c12. The van der Waals surface area contributed by atoms with E-state index >= 15 is 0 Å². The van der Waals surface area contributed by atoms with E-state index in [1.165, 1.54) is 6.07 Å².